The van der Waals surface area contributed by atoms with Gasteiger partial charge < -0.3 is 14.5 Å². The molecule has 146 valence electrons. The van der Waals surface area contributed by atoms with Gasteiger partial charge in [0.25, 0.3) is 5.91 Å². The molecule has 0 unspecified atom stereocenters. The van der Waals surface area contributed by atoms with Crippen molar-refractivity contribution in [2.45, 2.75) is 13.5 Å². The zero-order valence-electron chi connectivity index (χ0n) is 16.1. The van der Waals surface area contributed by atoms with E-state index in [1.165, 1.54) is 4.68 Å². The highest BCUT2D eigenvalue weighted by Gasteiger charge is 2.19. The van der Waals surface area contributed by atoms with Crippen molar-refractivity contribution in [2.75, 3.05) is 12.4 Å². The minimum absolute atomic E-state index is 0.265. The molecule has 0 amide bonds. The summed E-state index contributed by atoms with van der Waals surface area (Å²) < 4.78 is 11.8. The zero-order valence-corrected chi connectivity index (χ0v) is 16.1. The van der Waals surface area contributed by atoms with Crippen molar-refractivity contribution in [3.05, 3.63) is 83.8 Å². The highest BCUT2D eigenvalue weighted by molar-refractivity contribution is 5.97. The van der Waals surface area contributed by atoms with E-state index in [2.05, 4.69) is 15.4 Å². The molecule has 2 aromatic carbocycles. The van der Waals surface area contributed by atoms with E-state index in [1.807, 2.05) is 55.5 Å². The van der Waals surface area contributed by atoms with Crippen LogP contribution in [0.5, 0.6) is 5.75 Å². The van der Waals surface area contributed by atoms with Crippen LogP contribution in [0.2, 0.25) is 0 Å². The summed E-state index contributed by atoms with van der Waals surface area (Å²) in [6.07, 6.45) is 1.60. The van der Waals surface area contributed by atoms with Crippen LogP contribution >= 0.6 is 0 Å². The quantitative estimate of drug-likeness (QED) is 0.534. The van der Waals surface area contributed by atoms with Gasteiger partial charge in [0.2, 0.25) is 5.95 Å². The van der Waals surface area contributed by atoms with Crippen molar-refractivity contribution in [3.8, 4) is 17.1 Å². The van der Waals surface area contributed by atoms with Gasteiger partial charge in [-0.05, 0) is 55.5 Å². The average molecular weight is 388 g/mol. The number of methoxy groups -OCH3 is 1. The van der Waals surface area contributed by atoms with Gasteiger partial charge in [0.15, 0.2) is 5.82 Å². The Morgan fingerprint density at radius 1 is 1.10 bits per heavy atom. The molecule has 0 aliphatic heterocycles. The van der Waals surface area contributed by atoms with Crippen LogP contribution < -0.4 is 10.1 Å². The van der Waals surface area contributed by atoms with Gasteiger partial charge in [-0.3, -0.25) is 4.79 Å². The fourth-order valence-corrected chi connectivity index (χ4v) is 2.83. The second-order valence-electron chi connectivity index (χ2n) is 6.50. The third-order valence-electron chi connectivity index (χ3n) is 4.45. The number of hydrogen-bond donors (Lipinski definition) is 1. The molecule has 1 N–H and O–H groups in total. The summed E-state index contributed by atoms with van der Waals surface area (Å²) in [5, 5.41) is 7.60. The van der Waals surface area contributed by atoms with E-state index in [4.69, 9.17) is 9.15 Å². The first kappa shape index (κ1) is 18.5. The van der Waals surface area contributed by atoms with Gasteiger partial charge in [-0.25, -0.2) is 0 Å². The molecule has 0 fully saturated rings. The number of anilines is 1. The van der Waals surface area contributed by atoms with Gasteiger partial charge in [0.1, 0.15) is 11.5 Å². The van der Waals surface area contributed by atoms with Crippen LogP contribution in [0.25, 0.3) is 11.4 Å². The number of carbonyl (C=O) groups excluding carboxylic acids is 1. The van der Waals surface area contributed by atoms with Gasteiger partial charge >= 0.3 is 0 Å². The van der Waals surface area contributed by atoms with Crippen LogP contribution in [-0.2, 0) is 6.54 Å². The van der Waals surface area contributed by atoms with Crippen molar-refractivity contribution >= 4 is 11.9 Å². The first-order chi connectivity index (χ1) is 14.1. The first-order valence-electron chi connectivity index (χ1n) is 9.13. The fourth-order valence-electron chi connectivity index (χ4n) is 2.83. The number of benzene rings is 2. The van der Waals surface area contributed by atoms with Crippen molar-refractivity contribution in [3.63, 3.8) is 0 Å². The predicted octanol–water partition coefficient (Wildman–Crippen LogP) is 4.16. The molecule has 0 aliphatic carbocycles. The normalized spacial score (nSPS) is 10.7. The van der Waals surface area contributed by atoms with E-state index >= 15 is 0 Å². The average Bonchev–Trinajstić information content (AvgIpc) is 3.42. The van der Waals surface area contributed by atoms with Crippen LogP contribution in [0.15, 0.2) is 71.3 Å². The summed E-state index contributed by atoms with van der Waals surface area (Å²) in [7, 11) is 1.61. The summed E-state index contributed by atoms with van der Waals surface area (Å²) >= 11 is 0. The maximum Gasteiger partial charge on any atom is 0.281 e. The molecule has 0 atom stereocenters. The SMILES string of the molecule is COc1ccc(-c2nc(NCc3ccco3)n(C(=O)c3ccc(C)cc3)n2)cc1. The van der Waals surface area contributed by atoms with Crippen molar-refractivity contribution < 1.29 is 13.9 Å². The van der Waals surface area contributed by atoms with Crippen LogP contribution in [0.4, 0.5) is 5.95 Å². The Kier molecular flexibility index (Phi) is 5.11. The van der Waals surface area contributed by atoms with Gasteiger partial charge in [-0.15, -0.1) is 5.10 Å². The molecule has 7 heteroatoms. The first-order valence-corrected chi connectivity index (χ1v) is 9.13. The number of nitrogens with zero attached hydrogens (tertiary/aromatic N) is 3. The second-order valence-corrected chi connectivity index (χ2v) is 6.50. The van der Waals surface area contributed by atoms with Crippen LogP contribution in [-0.4, -0.2) is 27.8 Å². The van der Waals surface area contributed by atoms with Crippen LogP contribution in [0.3, 0.4) is 0 Å². The second kappa shape index (κ2) is 8.02. The highest BCUT2D eigenvalue weighted by atomic mass is 16.5. The Morgan fingerprint density at radius 3 is 2.52 bits per heavy atom. The molecule has 2 aromatic heterocycles. The maximum absolute atomic E-state index is 13.1. The van der Waals surface area contributed by atoms with Crippen molar-refractivity contribution in [1.82, 2.24) is 14.8 Å². The largest absolute Gasteiger partial charge is 0.497 e. The van der Waals surface area contributed by atoms with E-state index in [1.54, 1.807) is 25.5 Å². The number of furan rings is 1. The Bertz CT molecular complexity index is 1100. The number of rotatable bonds is 6. The monoisotopic (exact) mass is 388 g/mol. The third kappa shape index (κ3) is 4.03. The molecule has 4 aromatic rings. The summed E-state index contributed by atoms with van der Waals surface area (Å²) in [5.41, 5.74) is 2.39. The summed E-state index contributed by atoms with van der Waals surface area (Å²) in [6.45, 7) is 2.36. The number of aromatic nitrogens is 3. The molecule has 29 heavy (non-hydrogen) atoms. The number of ether oxygens (including phenoxy) is 1. The van der Waals surface area contributed by atoms with E-state index in [0.29, 0.717) is 23.9 Å². The van der Waals surface area contributed by atoms with Gasteiger partial charge in [0, 0.05) is 11.1 Å². The summed E-state index contributed by atoms with van der Waals surface area (Å²) in [4.78, 5) is 17.6. The van der Waals surface area contributed by atoms with Crippen molar-refractivity contribution in [2.24, 2.45) is 0 Å². The fraction of sp³-hybridized carbons (Fsp3) is 0.136. The van der Waals surface area contributed by atoms with E-state index < -0.39 is 0 Å². The molecular formula is C22H20N4O3. The van der Waals surface area contributed by atoms with Gasteiger partial charge in [-0.1, -0.05) is 17.7 Å². The van der Waals surface area contributed by atoms with E-state index in [-0.39, 0.29) is 5.91 Å². The molecule has 2 heterocycles. The smallest absolute Gasteiger partial charge is 0.281 e. The summed E-state index contributed by atoms with van der Waals surface area (Å²) in [5.74, 6) is 1.99. The molecule has 0 saturated carbocycles. The van der Waals surface area contributed by atoms with E-state index in [9.17, 15) is 4.79 Å². The topological polar surface area (TPSA) is 82.2 Å². The highest BCUT2D eigenvalue weighted by Crippen LogP contribution is 2.22. The Hall–Kier alpha value is -3.87. The molecule has 0 radical (unpaired) electrons. The maximum atomic E-state index is 13.1. The number of aryl methyl sites for hydroxylation is 1. The third-order valence-corrected chi connectivity index (χ3v) is 4.45. The standard InChI is InChI=1S/C22H20N4O3/c1-15-5-7-17(8-6-15)21(27)26-22(23-14-19-4-3-13-29-19)24-20(25-26)16-9-11-18(28-2)12-10-16/h3-13H,14H2,1-2H3,(H,23,24,25). The molecule has 0 saturated heterocycles. The molecule has 7 nitrogen and oxygen atoms in total. The zero-order chi connectivity index (χ0) is 20.2. The van der Waals surface area contributed by atoms with Gasteiger partial charge in [-0.2, -0.15) is 9.67 Å². The lowest BCUT2D eigenvalue weighted by Gasteiger charge is -2.06. The Labute approximate surface area is 168 Å². The molecule has 0 aliphatic rings. The molecule has 4 rings (SSSR count). The number of nitrogens with one attached hydrogen (secondary N) is 1. The number of carbonyl (C=O) groups is 1. The molecule has 0 spiro atoms. The van der Waals surface area contributed by atoms with E-state index in [0.717, 1.165) is 22.6 Å². The Morgan fingerprint density at radius 2 is 1.86 bits per heavy atom. The lowest BCUT2D eigenvalue weighted by molar-refractivity contribution is 0.0947. The number of hydrogen-bond acceptors (Lipinski definition) is 6. The summed E-state index contributed by atoms with van der Waals surface area (Å²) in [6, 6.07) is 18.4. The molecule has 0 bridgehead atoms. The van der Waals surface area contributed by atoms with Gasteiger partial charge in [0.05, 0.1) is 19.9 Å². The van der Waals surface area contributed by atoms with Crippen LogP contribution in [0, 0.1) is 6.92 Å². The Balaban J connectivity index is 1.69. The van der Waals surface area contributed by atoms with Crippen molar-refractivity contribution in [1.29, 1.82) is 0 Å². The predicted molar refractivity (Wildman–Crippen MR) is 109 cm³/mol. The minimum Gasteiger partial charge on any atom is -0.497 e. The lowest BCUT2D eigenvalue weighted by Crippen LogP contribution is -2.17. The molecular weight excluding hydrogens is 368 g/mol. The minimum atomic E-state index is -0.265. The lowest BCUT2D eigenvalue weighted by atomic mass is 10.1. The van der Waals surface area contributed by atoms with Crippen LogP contribution in [0.1, 0.15) is 21.7 Å².